The van der Waals surface area contributed by atoms with Crippen LogP contribution in [0, 0.1) is 16.4 Å². The third-order valence-electron chi connectivity index (χ3n) is 2.87. The van der Waals surface area contributed by atoms with Crippen molar-refractivity contribution in [2.45, 2.75) is 0 Å². The molecule has 3 aromatic rings. The Morgan fingerprint density at radius 3 is 2.65 bits per heavy atom. The van der Waals surface area contributed by atoms with Gasteiger partial charge in [-0.1, -0.05) is 11.6 Å². The van der Waals surface area contributed by atoms with Crippen molar-refractivity contribution in [3.05, 3.63) is 56.2 Å². The number of fused-ring (bicyclic) bond motifs is 1. The molecule has 3 rings (SSSR count). The van der Waals surface area contributed by atoms with Gasteiger partial charge in [0, 0.05) is 11.1 Å². The first-order valence-corrected chi connectivity index (χ1v) is 7.10. The summed E-state index contributed by atoms with van der Waals surface area (Å²) in [5.74, 6) is -0.947. The Balaban J connectivity index is 2.42. The average molecular weight is 376 g/mol. The lowest BCUT2D eigenvalue weighted by molar-refractivity contribution is 0.616. The molecule has 0 saturated carbocycles. The molecule has 0 unspecified atom stereocenters. The Labute approximate surface area is 131 Å². The first-order chi connectivity index (χ1) is 9.47. The molecule has 20 heavy (non-hydrogen) atoms. The second-order valence-corrected chi connectivity index (χ2v) is 5.82. The van der Waals surface area contributed by atoms with Gasteiger partial charge in [-0.2, -0.15) is 0 Å². The van der Waals surface area contributed by atoms with Crippen LogP contribution in [0.3, 0.4) is 0 Å². The molecule has 0 amide bonds. The van der Waals surface area contributed by atoms with Gasteiger partial charge < -0.3 is 4.98 Å². The van der Waals surface area contributed by atoms with E-state index in [0.717, 1.165) is 0 Å². The zero-order chi connectivity index (χ0) is 14.4. The van der Waals surface area contributed by atoms with Gasteiger partial charge in [0.05, 0.1) is 21.2 Å². The first kappa shape index (κ1) is 13.7. The highest BCUT2D eigenvalue weighted by molar-refractivity contribution is 9.10. The van der Waals surface area contributed by atoms with Crippen LogP contribution >= 0.6 is 39.7 Å². The van der Waals surface area contributed by atoms with Gasteiger partial charge in [0.15, 0.2) is 4.77 Å². The molecule has 0 aliphatic carbocycles. The predicted octanol–water partition coefficient (Wildman–Crippen LogP) is 5.38. The van der Waals surface area contributed by atoms with Crippen LogP contribution in [0.5, 0.6) is 0 Å². The fraction of sp³-hybridized carbons (Fsp3) is 0. The van der Waals surface area contributed by atoms with Crippen molar-refractivity contribution in [3.8, 4) is 5.69 Å². The third-order valence-corrected chi connectivity index (χ3v) is 4.00. The Morgan fingerprint density at radius 2 is 1.90 bits per heavy atom. The SMILES string of the molecule is Fc1cc2c(cc1Br)[nH]c(=S)n2-c1cc(Cl)ccc1F. The maximum atomic E-state index is 14.0. The quantitative estimate of drug-likeness (QED) is 0.566. The van der Waals surface area contributed by atoms with Crippen LogP contribution in [0.2, 0.25) is 5.02 Å². The number of hydrogen-bond acceptors (Lipinski definition) is 1. The van der Waals surface area contributed by atoms with E-state index in [1.165, 1.54) is 28.8 Å². The lowest BCUT2D eigenvalue weighted by atomic mass is 10.2. The fourth-order valence-corrected chi connectivity index (χ4v) is 2.81. The first-order valence-electron chi connectivity index (χ1n) is 5.52. The number of benzene rings is 2. The molecular formula is C13H6BrClF2N2S. The van der Waals surface area contributed by atoms with E-state index < -0.39 is 11.6 Å². The van der Waals surface area contributed by atoms with Gasteiger partial charge in [-0.05, 0) is 52.4 Å². The number of rotatable bonds is 1. The molecule has 0 atom stereocenters. The van der Waals surface area contributed by atoms with Gasteiger partial charge in [0.2, 0.25) is 0 Å². The van der Waals surface area contributed by atoms with Crippen molar-refractivity contribution in [2.75, 3.05) is 0 Å². The lowest BCUT2D eigenvalue weighted by Gasteiger charge is -2.07. The van der Waals surface area contributed by atoms with E-state index in [4.69, 9.17) is 23.8 Å². The smallest absolute Gasteiger partial charge is 0.182 e. The van der Waals surface area contributed by atoms with E-state index in [1.54, 1.807) is 6.07 Å². The monoisotopic (exact) mass is 374 g/mol. The summed E-state index contributed by atoms with van der Waals surface area (Å²) in [7, 11) is 0. The second-order valence-electron chi connectivity index (χ2n) is 4.14. The summed E-state index contributed by atoms with van der Waals surface area (Å²) in [5.41, 5.74) is 1.22. The van der Waals surface area contributed by atoms with E-state index in [0.29, 0.717) is 20.5 Å². The number of H-pyrrole nitrogens is 1. The van der Waals surface area contributed by atoms with Crippen molar-refractivity contribution in [2.24, 2.45) is 0 Å². The molecular weight excluding hydrogens is 370 g/mol. The third kappa shape index (κ3) is 2.17. The summed E-state index contributed by atoms with van der Waals surface area (Å²) in [6, 6.07) is 6.97. The van der Waals surface area contributed by atoms with E-state index in [1.807, 2.05) is 0 Å². The van der Waals surface area contributed by atoms with E-state index in [-0.39, 0.29) is 10.5 Å². The lowest BCUT2D eigenvalue weighted by Crippen LogP contribution is -1.98. The second kappa shape index (κ2) is 4.95. The molecule has 0 aliphatic heterocycles. The van der Waals surface area contributed by atoms with Crippen molar-refractivity contribution in [1.29, 1.82) is 0 Å². The molecule has 1 heterocycles. The molecule has 0 aliphatic rings. The summed E-state index contributed by atoms with van der Waals surface area (Å²) in [4.78, 5) is 2.91. The molecule has 102 valence electrons. The molecule has 7 heteroatoms. The van der Waals surface area contributed by atoms with Crippen LogP contribution in [0.1, 0.15) is 0 Å². The van der Waals surface area contributed by atoms with Crippen LogP contribution < -0.4 is 0 Å². The Bertz CT molecular complexity index is 888. The number of aromatic nitrogens is 2. The molecule has 2 nitrogen and oxygen atoms in total. The normalized spacial score (nSPS) is 11.2. The van der Waals surface area contributed by atoms with Crippen molar-refractivity contribution in [1.82, 2.24) is 9.55 Å². The summed E-state index contributed by atoms with van der Waals surface area (Å²) >= 11 is 14.2. The highest BCUT2D eigenvalue weighted by Crippen LogP contribution is 2.27. The van der Waals surface area contributed by atoms with Crippen LogP contribution in [0.25, 0.3) is 16.7 Å². The Hall–Kier alpha value is -1.24. The minimum atomic E-state index is -0.491. The van der Waals surface area contributed by atoms with Crippen LogP contribution in [0.15, 0.2) is 34.8 Å². The van der Waals surface area contributed by atoms with Gasteiger partial charge in [-0.15, -0.1) is 0 Å². The van der Waals surface area contributed by atoms with Crippen molar-refractivity contribution in [3.63, 3.8) is 0 Å². The van der Waals surface area contributed by atoms with Gasteiger partial charge in [0.1, 0.15) is 11.6 Å². The molecule has 0 bridgehead atoms. The number of nitrogens with one attached hydrogen (secondary N) is 1. The molecule has 0 saturated heterocycles. The zero-order valence-corrected chi connectivity index (χ0v) is 12.9. The van der Waals surface area contributed by atoms with Gasteiger partial charge >= 0.3 is 0 Å². The minimum Gasteiger partial charge on any atom is -0.330 e. The fourth-order valence-electron chi connectivity index (χ4n) is 2.00. The molecule has 0 fully saturated rings. The standard InChI is InChI=1S/C13H6BrClF2N2S/c14-7-4-10-12(5-9(7)17)19(13(20)18-10)11-3-6(15)1-2-8(11)16/h1-5H,(H,18,20). The topological polar surface area (TPSA) is 20.7 Å². The van der Waals surface area contributed by atoms with Gasteiger partial charge in [0.25, 0.3) is 0 Å². The number of halogens is 4. The summed E-state index contributed by atoms with van der Waals surface area (Å²) in [6.45, 7) is 0. The van der Waals surface area contributed by atoms with Gasteiger partial charge in [-0.3, -0.25) is 4.57 Å². The van der Waals surface area contributed by atoms with Crippen molar-refractivity contribution >= 4 is 50.8 Å². The number of nitrogens with zero attached hydrogens (tertiary/aromatic N) is 1. The Morgan fingerprint density at radius 1 is 1.15 bits per heavy atom. The van der Waals surface area contributed by atoms with Crippen molar-refractivity contribution < 1.29 is 8.78 Å². The van der Waals surface area contributed by atoms with E-state index >= 15 is 0 Å². The molecule has 0 spiro atoms. The maximum Gasteiger partial charge on any atom is 0.182 e. The van der Waals surface area contributed by atoms with Gasteiger partial charge in [-0.25, -0.2) is 8.78 Å². The molecule has 2 aromatic carbocycles. The number of imidazole rings is 1. The van der Waals surface area contributed by atoms with Crippen LogP contribution in [-0.2, 0) is 0 Å². The molecule has 1 N–H and O–H groups in total. The number of aromatic amines is 1. The maximum absolute atomic E-state index is 14.0. The summed E-state index contributed by atoms with van der Waals surface area (Å²) in [5, 5.41) is 0.371. The predicted molar refractivity (Wildman–Crippen MR) is 81.1 cm³/mol. The zero-order valence-electron chi connectivity index (χ0n) is 9.75. The largest absolute Gasteiger partial charge is 0.330 e. The highest BCUT2D eigenvalue weighted by Gasteiger charge is 2.13. The molecule has 0 radical (unpaired) electrons. The van der Waals surface area contributed by atoms with Crippen LogP contribution in [0.4, 0.5) is 8.78 Å². The average Bonchev–Trinajstić information content (AvgIpc) is 2.69. The van der Waals surface area contributed by atoms with E-state index in [2.05, 4.69) is 20.9 Å². The van der Waals surface area contributed by atoms with E-state index in [9.17, 15) is 8.78 Å². The minimum absolute atomic E-state index is 0.176. The highest BCUT2D eigenvalue weighted by atomic mass is 79.9. The summed E-state index contributed by atoms with van der Waals surface area (Å²) in [6.07, 6.45) is 0. The van der Waals surface area contributed by atoms with Crippen LogP contribution in [-0.4, -0.2) is 9.55 Å². The molecule has 1 aromatic heterocycles. The summed E-state index contributed by atoms with van der Waals surface area (Å²) < 4.78 is 29.7. The number of hydrogen-bond donors (Lipinski definition) is 1. The Kier molecular flexibility index (Phi) is 3.40.